The van der Waals surface area contributed by atoms with Crippen LogP contribution in [0.25, 0.3) is 0 Å². The predicted molar refractivity (Wildman–Crippen MR) is 76.0 cm³/mol. The van der Waals surface area contributed by atoms with Crippen LogP contribution >= 0.6 is 15.9 Å². The van der Waals surface area contributed by atoms with E-state index in [9.17, 15) is 0 Å². The molecule has 0 saturated carbocycles. The fourth-order valence-electron chi connectivity index (χ4n) is 1.83. The number of hydrogen-bond donors (Lipinski definition) is 1. The summed E-state index contributed by atoms with van der Waals surface area (Å²) in [7, 11) is 0. The SMILES string of the molecule is Cc1ccc(CC(N)c2cccc(Br)c2)cc1. The van der Waals surface area contributed by atoms with Crippen LogP contribution < -0.4 is 5.73 Å². The average Bonchev–Trinajstić information content (AvgIpc) is 2.32. The zero-order valence-electron chi connectivity index (χ0n) is 9.86. The first-order valence-corrected chi connectivity index (χ1v) is 6.51. The van der Waals surface area contributed by atoms with Crippen molar-refractivity contribution in [3.05, 3.63) is 69.7 Å². The highest BCUT2D eigenvalue weighted by molar-refractivity contribution is 9.10. The van der Waals surface area contributed by atoms with Crippen LogP contribution in [0.2, 0.25) is 0 Å². The Hall–Kier alpha value is -1.12. The molecule has 1 atom stereocenters. The third kappa shape index (κ3) is 3.42. The van der Waals surface area contributed by atoms with E-state index >= 15 is 0 Å². The van der Waals surface area contributed by atoms with Crippen molar-refractivity contribution < 1.29 is 0 Å². The second kappa shape index (κ2) is 5.48. The molecule has 0 aromatic heterocycles. The summed E-state index contributed by atoms with van der Waals surface area (Å²) >= 11 is 3.47. The minimum atomic E-state index is 0.0511. The van der Waals surface area contributed by atoms with Gasteiger partial charge >= 0.3 is 0 Å². The third-order valence-corrected chi connectivity index (χ3v) is 3.35. The molecule has 17 heavy (non-hydrogen) atoms. The van der Waals surface area contributed by atoms with Crippen LogP contribution in [0.4, 0.5) is 0 Å². The van der Waals surface area contributed by atoms with Crippen molar-refractivity contribution in [2.24, 2.45) is 5.73 Å². The van der Waals surface area contributed by atoms with Gasteiger partial charge < -0.3 is 5.73 Å². The molecule has 2 rings (SSSR count). The Morgan fingerprint density at radius 3 is 2.47 bits per heavy atom. The van der Waals surface area contributed by atoms with Crippen molar-refractivity contribution in [1.82, 2.24) is 0 Å². The van der Waals surface area contributed by atoms with E-state index < -0.39 is 0 Å². The fraction of sp³-hybridized carbons (Fsp3) is 0.200. The van der Waals surface area contributed by atoms with E-state index in [2.05, 4.69) is 59.3 Å². The fourth-order valence-corrected chi connectivity index (χ4v) is 2.25. The summed E-state index contributed by atoms with van der Waals surface area (Å²) in [4.78, 5) is 0. The standard InChI is InChI=1S/C15H16BrN/c1-11-5-7-12(8-6-11)9-15(17)13-3-2-4-14(16)10-13/h2-8,10,15H,9,17H2,1H3. The van der Waals surface area contributed by atoms with Crippen LogP contribution in [0.1, 0.15) is 22.7 Å². The highest BCUT2D eigenvalue weighted by atomic mass is 79.9. The number of halogens is 1. The summed E-state index contributed by atoms with van der Waals surface area (Å²) in [5, 5.41) is 0. The molecule has 0 spiro atoms. The van der Waals surface area contributed by atoms with Crippen molar-refractivity contribution in [1.29, 1.82) is 0 Å². The highest BCUT2D eigenvalue weighted by Gasteiger charge is 2.07. The topological polar surface area (TPSA) is 26.0 Å². The Morgan fingerprint density at radius 1 is 1.12 bits per heavy atom. The van der Waals surface area contributed by atoms with Crippen molar-refractivity contribution >= 4 is 15.9 Å². The number of aryl methyl sites for hydroxylation is 1. The monoisotopic (exact) mass is 289 g/mol. The van der Waals surface area contributed by atoms with Gasteiger partial charge in [-0.3, -0.25) is 0 Å². The molecule has 0 heterocycles. The molecule has 2 aromatic carbocycles. The van der Waals surface area contributed by atoms with Crippen LogP contribution in [0, 0.1) is 6.92 Å². The van der Waals surface area contributed by atoms with Crippen molar-refractivity contribution in [2.75, 3.05) is 0 Å². The molecule has 0 aliphatic rings. The zero-order chi connectivity index (χ0) is 12.3. The minimum Gasteiger partial charge on any atom is -0.324 e. The summed E-state index contributed by atoms with van der Waals surface area (Å²) in [6.07, 6.45) is 0.872. The van der Waals surface area contributed by atoms with Crippen LogP contribution in [0.5, 0.6) is 0 Å². The molecule has 1 unspecified atom stereocenters. The number of nitrogens with two attached hydrogens (primary N) is 1. The van der Waals surface area contributed by atoms with Crippen LogP contribution in [0.15, 0.2) is 53.0 Å². The van der Waals surface area contributed by atoms with Crippen molar-refractivity contribution in [3.8, 4) is 0 Å². The summed E-state index contributed by atoms with van der Waals surface area (Å²) < 4.78 is 1.08. The predicted octanol–water partition coefficient (Wildman–Crippen LogP) is 4.00. The molecule has 0 saturated heterocycles. The molecule has 0 aliphatic heterocycles. The van der Waals surface area contributed by atoms with Crippen LogP contribution in [-0.2, 0) is 6.42 Å². The van der Waals surface area contributed by atoms with Crippen molar-refractivity contribution in [3.63, 3.8) is 0 Å². The van der Waals surface area contributed by atoms with E-state index in [4.69, 9.17) is 5.73 Å². The molecule has 0 radical (unpaired) electrons. The lowest BCUT2D eigenvalue weighted by atomic mass is 9.99. The van der Waals surface area contributed by atoms with Crippen LogP contribution in [0.3, 0.4) is 0 Å². The van der Waals surface area contributed by atoms with Gasteiger partial charge in [0.25, 0.3) is 0 Å². The Bertz CT molecular complexity index is 491. The quantitative estimate of drug-likeness (QED) is 0.908. The molecular formula is C15H16BrN. The Balaban J connectivity index is 2.11. The lowest BCUT2D eigenvalue weighted by molar-refractivity contribution is 0.721. The highest BCUT2D eigenvalue weighted by Crippen LogP contribution is 2.20. The molecular weight excluding hydrogens is 274 g/mol. The van der Waals surface area contributed by atoms with Gasteiger partial charge in [-0.05, 0) is 36.6 Å². The first kappa shape index (κ1) is 12.3. The molecule has 2 heteroatoms. The van der Waals surface area contributed by atoms with Gasteiger partial charge in [0.05, 0.1) is 0 Å². The van der Waals surface area contributed by atoms with Gasteiger partial charge in [-0.15, -0.1) is 0 Å². The molecule has 0 fully saturated rings. The number of benzene rings is 2. The lowest BCUT2D eigenvalue weighted by Gasteiger charge is -2.12. The van der Waals surface area contributed by atoms with Gasteiger partial charge in [0.15, 0.2) is 0 Å². The lowest BCUT2D eigenvalue weighted by Crippen LogP contribution is -2.13. The molecule has 2 N–H and O–H groups in total. The first-order chi connectivity index (χ1) is 8.15. The average molecular weight is 290 g/mol. The maximum Gasteiger partial charge on any atom is 0.0336 e. The summed E-state index contributed by atoms with van der Waals surface area (Å²) in [5.74, 6) is 0. The molecule has 88 valence electrons. The molecule has 0 bridgehead atoms. The maximum absolute atomic E-state index is 6.21. The normalized spacial score (nSPS) is 12.4. The number of hydrogen-bond acceptors (Lipinski definition) is 1. The molecule has 2 aromatic rings. The van der Waals surface area contributed by atoms with Gasteiger partial charge in [-0.25, -0.2) is 0 Å². The van der Waals surface area contributed by atoms with E-state index in [1.54, 1.807) is 0 Å². The van der Waals surface area contributed by atoms with Gasteiger partial charge in [0.2, 0.25) is 0 Å². The van der Waals surface area contributed by atoms with Crippen LogP contribution in [-0.4, -0.2) is 0 Å². The van der Waals surface area contributed by atoms with Crippen molar-refractivity contribution in [2.45, 2.75) is 19.4 Å². The molecule has 0 aliphatic carbocycles. The molecule has 1 nitrogen and oxygen atoms in total. The number of rotatable bonds is 3. The maximum atomic E-state index is 6.21. The minimum absolute atomic E-state index is 0.0511. The van der Waals surface area contributed by atoms with E-state index in [0.29, 0.717) is 0 Å². The largest absolute Gasteiger partial charge is 0.324 e. The second-order valence-electron chi connectivity index (χ2n) is 4.35. The Kier molecular flexibility index (Phi) is 3.97. The van der Waals surface area contributed by atoms with Gasteiger partial charge in [-0.2, -0.15) is 0 Å². The Labute approximate surface area is 111 Å². The first-order valence-electron chi connectivity index (χ1n) is 5.72. The Morgan fingerprint density at radius 2 is 1.82 bits per heavy atom. The summed E-state index contributed by atoms with van der Waals surface area (Å²) in [5.41, 5.74) is 9.94. The smallest absolute Gasteiger partial charge is 0.0336 e. The summed E-state index contributed by atoms with van der Waals surface area (Å²) in [6, 6.07) is 16.8. The van der Waals surface area contributed by atoms with E-state index in [-0.39, 0.29) is 6.04 Å². The van der Waals surface area contributed by atoms with Gasteiger partial charge in [0, 0.05) is 10.5 Å². The third-order valence-electron chi connectivity index (χ3n) is 2.85. The molecule has 0 amide bonds. The van der Waals surface area contributed by atoms with Gasteiger partial charge in [-0.1, -0.05) is 57.9 Å². The zero-order valence-corrected chi connectivity index (χ0v) is 11.4. The van der Waals surface area contributed by atoms with E-state index in [0.717, 1.165) is 10.9 Å². The van der Waals surface area contributed by atoms with E-state index in [1.165, 1.54) is 16.7 Å². The summed E-state index contributed by atoms with van der Waals surface area (Å²) in [6.45, 7) is 2.10. The van der Waals surface area contributed by atoms with Gasteiger partial charge in [0.1, 0.15) is 0 Å². The van der Waals surface area contributed by atoms with E-state index in [1.807, 2.05) is 12.1 Å². The second-order valence-corrected chi connectivity index (χ2v) is 5.27.